The first-order chi connectivity index (χ1) is 14.7. The van der Waals surface area contributed by atoms with Crippen LogP contribution in [0.1, 0.15) is 37.3 Å². The maximum Gasteiger partial charge on any atom is 0.407 e. The number of benzene rings is 2. The Labute approximate surface area is 180 Å². The molecule has 164 valence electrons. The van der Waals surface area contributed by atoms with Crippen molar-refractivity contribution < 1.29 is 29.3 Å². The number of aliphatic carboxylic acids is 1. The Morgan fingerprint density at radius 3 is 2.13 bits per heavy atom. The van der Waals surface area contributed by atoms with Gasteiger partial charge in [0.15, 0.2) is 0 Å². The number of hydrogen-bond acceptors (Lipinski definition) is 5. The number of alkyl carbamates (subject to hydrolysis) is 1. The molecule has 0 radical (unpaired) electrons. The number of carboxylic acid groups (broad SMARTS) is 1. The number of hydrogen-bond donors (Lipinski definition) is 4. The van der Waals surface area contributed by atoms with Crippen LogP contribution in [-0.4, -0.2) is 53.0 Å². The summed E-state index contributed by atoms with van der Waals surface area (Å²) in [6.07, 6.45) is -2.22. The van der Waals surface area contributed by atoms with E-state index < -0.39 is 29.6 Å². The zero-order chi connectivity index (χ0) is 22.6. The summed E-state index contributed by atoms with van der Waals surface area (Å²) < 4.78 is 5.37. The van der Waals surface area contributed by atoms with E-state index in [0.717, 1.165) is 22.3 Å². The van der Waals surface area contributed by atoms with Crippen molar-refractivity contribution in [3.8, 4) is 11.1 Å². The van der Waals surface area contributed by atoms with Crippen LogP contribution >= 0.6 is 0 Å². The highest BCUT2D eigenvalue weighted by molar-refractivity contribution is 5.86. The van der Waals surface area contributed by atoms with Crippen LogP contribution in [0, 0.1) is 0 Å². The number of carbonyl (C=O) groups excluding carboxylic acids is 2. The number of carbonyl (C=O) groups is 3. The summed E-state index contributed by atoms with van der Waals surface area (Å²) in [5.41, 5.74) is 2.98. The molecule has 31 heavy (non-hydrogen) atoms. The Morgan fingerprint density at radius 2 is 1.58 bits per heavy atom. The third-order valence-corrected chi connectivity index (χ3v) is 5.23. The molecular formula is C23H26N2O6. The van der Waals surface area contributed by atoms with Gasteiger partial charge < -0.3 is 25.6 Å². The van der Waals surface area contributed by atoms with Crippen molar-refractivity contribution in [3.05, 3.63) is 59.7 Å². The molecule has 0 bridgehead atoms. The smallest absolute Gasteiger partial charge is 0.407 e. The van der Waals surface area contributed by atoms with E-state index >= 15 is 0 Å². The summed E-state index contributed by atoms with van der Waals surface area (Å²) >= 11 is 0. The van der Waals surface area contributed by atoms with Crippen molar-refractivity contribution in [1.29, 1.82) is 0 Å². The molecule has 0 saturated carbocycles. The Hall–Kier alpha value is -3.39. The highest BCUT2D eigenvalue weighted by Crippen LogP contribution is 2.44. The molecule has 3 rings (SSSR count). The molecule has 0 aliphatic heterocycles. The first-order valence-electron chi connectivity index (χ1n) is 10.0. The lowest BCUT2D eigenvalue weighted by atomic mass is 9.98. The van der Waals surface area contributed by atoms with Gasteiger partial charge in [0.05, 0.1) is 12.5 Å². The second-order valence-corrected chi connectivity index (χ2v) is 8.04. The lowest BCUT2D eigenvalue weighted by Crippen LogP contribution is -2.50. The van der Waals surface area contributed by atoms with Crippen LogP contribution in [0.25, 0.3) is 11.1 Å². The number of nitrogens with one attached hydrogen (secondary N) is 2. The zero-order valence-electron chi connectivity index (χ0n) is 17.4. The monoisotopic (exact) mass is 426 g/mol. The third kappa shape index (κ3) is 5.21. The normalized spacial score (nSPS) is 13.6. The quantitative estimate of drug-likeness (QED) is 0.513. The van der Waals surface area contributed by atoms with Crippen molar-refractivity contribution in [2.45, 2.75) is 37.8 Å². The summed E-state index contributed by atoms with van der Waals surface area (Å²) in [7, 11) is 0. The fraction of sp³-hybridized carbons (Fsp3) is 0.348. The van der Waals surface area contributed by atoms with E-state index in [2.05, 4.69) is 10.6 Å². The Bertz CT molecular complexity index is 942. The molecule has 1 unspecified atom stereocenters. The number of ether oxygens (including phenoxy) is 1. The van der Waals surface area contributed by atoms with Crippen molar-refractivity contribution in [1.82, 2.24) is 10.6 Å². The van der Waals surface area contributed by atoms with E-state index in [1.165, 1.54) is 13.8 Å². The molecule has 1 aliphatic rings. The van der Waals surface area contributed by atoms with Gasteiger partial charge >= 0.3 is 12.1 Å². The van der Waals surface area contributed by atoms with Gasteiger partial charge in [-0.05, 0) is 36.1 Å². The second-order valence-electron chi connectivity index (χ2n) is 8.04. The minimum atomic E-state index is -1.45. The van der Waals surface area contributed by atoms with Crippen molar-refractivity contribution in [3.63, 3.8) is 0 Å². The summed E-state index contributed by atoms with van der Waals surface area (Å²) in [4.78, 5) is 35.0. The summed E-state index contributed by atoms with van der Waals surface area (Å²) in [5.74, 6) is -1.89. The summed E-state index contributed by atoms with van der Waals surface area (Å²) in [6, 6.07) is 16.0. The average Bonchev–Trinajstić information content (AvgIpc) is 3.04. The van der Waals surface area contributed by atoms with E-state index in [1.807, 2.05) is 48.5 Å². The molecule has 1 atom stereocenters. The fourth-order valence-corrected chi connectivity index (χ4v) is 3.59. The standard InChI is InChI=1S/C23H26N2O6/c1-23(2,21(28)29)25-20(27)11-14(26)12-24-22(30)31-13-19-17-9-5-3-7-15(17)16-8-4-6-10-18(16)19/h3-10,14,19,26H,11-13H2,1-2H3,(H,24,30)(H,25,27)(H,28,29). The van der Waals surface area contributed by atoms with Gasteiger partial charge in [-0.2, -0.15) is 0 Å². The minimum absolute atomic E-state index is 0.0768. The molecule has 0 aromatic heterocycles. The third-order valence-electron chi connectivity index (χ3n) is 5.23. The second kappa shape index (κ2) is 9.18. The van der Waals surface area contributed by atoms with Gasteiger partial charge in [0.1, 0.15) is 12.1 Å². The number of aliphatic hydroxyl groups excluding tert-OH is 1. The molecule has 8 nitrogen and oxygen atoms in total. The summed E-state index contributed by atoms with van der Waals surface area (Å²) in [6.45, 7) is 2.63. The van der Waals surface area contributed by atoms with E-state index in [-0.39, 0.29) is 25.5 Å². The minimum Gasteiger partial charge on any atom is -0.480 e. The van der Waals surface area contributed by atoms with E-state index in [4.69, 9.17) is 9.84 Å². The molecule has 0 saturated heterocycles. The highest BCUT2D eigenvalue weighted by Gasteiger charge is 2.30. The molecule has 0 heterocycles. The molecule has 2 aromatic carbocycles. The van der Waals surface area contributed by atoms with Gasteiger partial charge in [-0.15, -0.1) is 0 Å². The average molecular weight is 426 g/mol. The lowest BCUT2D eigenvalue weighted by molar-refractivity contribution is -0.146. The topological polar surface area (TPSA) is 125 Å². The predicted octanol–water partition coefficient (Wildman–Crippen LogP) is 2.26. The molecule has 0 fully saturated rings. The van der Waals surface area contributed by atoms with Gasteiger partial charge in [0, 0.05) is 12.5 Å². The first kappa shape index (κ1) is 22.3. The van der Waals surface area contributed by atoms with Crippen molar-refractivity contribution in [2.24, 2.45) is 0 Å². The number of carboxylic acids is 1. The molecule has 1 aliphatic carbocycles. The van der Waals surface area contributed by atoms with Crippen LogP contribution in [0.4, 0.5) is 4.79 Å². The van der Waals surface area contributed by atoms with E-state index in [0.29, 0.717) is 0 Å². The molecule has 4 N–H and O–H groups in total. The summed E-state index contributed by atoms with van der Waals surface area (Å²) in [5, 5.41) is 23.7. The first-order valence-corrected chi connectivity index (χ1v) is 10.0. The maximum atomic E-state index is 12.1. The van der Waals surface area contributed by atoms with E-state index in [1.54, 1.807) is 0 Å². The van der Waals surface area contributed by atoms with E-state index in [9.17, 15) is 19.5 Å². The van der Waals surface area contributed by atoms with Gasteiger partial charge in [-0.25, -0.2) is 9.59 Å². The highest BCUT2D eigenvalue weighted by atomic mass is 16.5. The number of rotatable bonds is 8. The molecular weight excluding hydrogens is 400 g/mol. The number of aliphatic hydroxyl groups is 1. The van der Waals surface area contributed by atoms with Crippen LogP contribution in [0.15, 0.2) is 48.5 Å². The SMILES string of the molecule is CC(C)(NC(=O)CC(O)CNC(=O)OCC1c2ccccc2-c2ccccc21)C(=O)O. The van der Waals surface area contributed by atoms with Crippen molar-refractivity contribution in [2.75, 3.05) is 13.2 Å². The molecule has 2 amide bonds. The fourth-order valence-electron chi connectivity index (χ4n) is 3.59. The zero-order valence-corrected chi connectivity index (χ0v) is 17.4. The van der Waals surface area contributed by atoms with Crippen LogP contribution < -0.4 is 10.6 Å². The predicted molar refractivity (Wildman–Crippen MR) is 114 cm³/mol. The van der Waals surface area contributed by atoms with Gasteiger partial charge in [-0.1, -0.05) is 48.5 Å². The largest absolute Gasteiger partial charge is 0.480 e. The van der Waals surface area contributed by atoms with Gasteiger partial charge in [0.2, 0.25) is 5.91 Å². The number of fused-ring (bicyclic) bond motifs is 3. The van der Waals surface area contributed by atoms with Crippen molar-refractivity contribution >= 4 is 18.0 Å². The van der Waals surface area contributed by atoms with Gasteiger partial charge in [-0.3, -0.25) is 4.79 Å². The molecule has 8 heteroatoms. The maximum absolute atomic E-state index is 12.1. The van der Waals surface area contributed by atoms with Crippen LogP contribution in [0.5, 0.6) is 0 Å². The Morgan fingerprint density at radius 1 is 1.03 bits per heavy atom. The Kier molecular flexibility index (Phi) is 6.60. The lowest BCUT2D eigenvalue weighted by Gasteiger charge is -2.22. The van der Waals surface area contributed by atoms with Crippen LogP contribution in [0.2, 0.25) is 0 Å². The van der Waals surface area contributed by atoms with Crippen LogP contribution in [0.3, 0.4) is 0 Å². The molecule has 0 spiro atoms. The van der Waals surface area contributed by atoms with Crippen LogP contribution in [-0.2, 0) is 14.3 Å². The molecule has 2 aromatic rings. The number of amides is 2. The van der Waals surface area contributed by atoms with Gasteiger partial charge in [0.25, 0.3) is 0 Å². The Balaban J connectivity index is 1.49.